The van der Waals surface area contributed by atoms with E-state index in [1.54, 1.807) is 6.08 Å². The van der Waals surface area contributed by atoms with Gasteiger partial charge >= 0.3 is 17.9 Å². The standard InChI is InChI=1S/C24H38N2O9/c1-7-14(2)11-12-19(33-15(3)27)20(34-16(4)28)21(35-17(5)29)22(32-6)24(31)26-18-10-8-9-13-25-23(18)30/h11-12,14,18-22H,7-10,13H2,1-6H3,(H,25,30)(H,26,31)/b12-11+/t14?,18-,19+,20-,21+,22+/m0/s1. The number of carbonyl (C=O) groups is 5. The largest absolute Gasteiger partial charge is 0.455 e. The number of carbonyl (C=O) groups excluding carboxylic acids is 5. The molecule has 0 saturated carbocycles. The van der Waals surface area contributed by atoms with Crippen molar-refractivity contribution >= 4 is 29.7 Å². The van der Waals surface area contributed by atoms with Crippen molar-refractivity contribution in [3.05, 3.63) is 12.2 Å². The van der Waals surface area contributed by atoms with E-state index < -0.39 is 54.3 Å². The lowest BCUT2D eigenvalue weighted by atomic mass is 9.98. The summed E-state index contributed by atoms with van der Waals surface area (Å²) in [7, 11) is 1.22. The summed E-state index contributed by atoms with van der Waals surface area (Å²) in [5.74, 6) is -3.17. The topological polar surface area (TPSA) is 146 Å². The molecule has 1 heterocycles. The highest BCUT2D eigenvalue weighted by Crippen LogP contribution is 2.21. The lowest BCUT2D eigenvalue weighted by Crippen LogP contribution is -2.57. The van der Waals surface area contributed by atoms with E-state index in [9.17, 15) is 24.0 Å². The normalized spacial score (nSPS) is 20.4. The average molecular weight is 499 g/mol. The molecule has 1 saturated heterocycles. The molecule has 11 nitrogen and oxygen atoms in total. The number of amides is 2. The van der Waals surface area contributed by atoms with Crippen molar-refractivity contribution < 1.29 is 42.9 Å². The number of allylic oxidation sites excluding steroid dienone is 1. The van der Waals surface area contributed by atoms with Crippen LogP contribution in [0.5, 0.6) is 0 Å². The first-order valence-electron chi connectivity index (χ1n) is 11.8. The summed E-state index contributed by atoms with van der Waals surface area (Å²) < 4.78 is 21.6. The molecule has 198 valence electrons. The molecule has 1 unspecified atom stereocenters. The van der Waals surface area contributed by atoms with Gasteiger partial charge in [-0.05, 0) is 31.3 Å². The zero-order valence-corrected chi connectivity index (χ0v) is 21.3. The summed E-state index contributed by atoms with van der Waals surface area (Å²) >= 11 is 0. The third-order valence-electron chi connectivity index (χ3n) is 5.49. The fraction of sp³-hybridized carbons (Fsp3) is 0.708. The fourth-order valence-corrected chi connectivity index (χ4v) is 3.57. The van der Waals surface area contributed by atoms with Gasteiger partial charge in [-0.1, -0.05) is 26.3 Å². The zero-order valence-electron chi connectivity index (χ0n) is 21.3. The van der Waals surface area contributed by atoms with E-state index in [-0.39, 0.29) is 11.8 Å². The van der Waals surface area contributed by atoms with Gasteiger partial charge in [-0.3, -0.25) is 24.0 Å². The number of rotatable bonds is 12. The van der Waals surface area contributed by atoms with Gasteiger partial charge in [-0.15, -0.1) is 0 Å². The van der Waals surface area contributed by atoms with Crippen molar-refractivity contribution in [3.8, 4) is 0 Å². The van der Waals surface area contributed by atoms with E-state index in [4.69, 9.17) is 18.9 Å². The van der Waals surface area contributed by atoms with Crippen LogP contribution in [0.2, 0.25) is 0 Å². The number of hydrogen-bond acceptors (Lipinski definition) is 9. The second-order valence-corrected chi connectivity index (χ2v) is 8.50. The molecular weight excluding hydrogens is 460 g/mol. The van der Waals surface area contributed by atoms with Crippen LogP contribution < -0.4 is 10.6 Å². The summed E-state index contributed by atoms with van der Waals surface area (Å²) in [4.78, 5) is 61.3. The van der Waals surface area contributed by atoms with Crippen LogP contribution in [0, 0.1) is 5.92 Å². The highest BCUT2D eigenvalue weighted by Gasteiger charge is 2.44. The van der Waals surface area contributed by atoms with Gasteiger partial charge < -0.3 is 29.6 Å². The summed E-state index contributed by atoms with van der Waals surface area (Å²) in [6.07, 6.45) is 0.476. The molecule has 1 rings (SSSR count). The Hall–Kier alpha value is -2.95. The first-order valence-corrected chi connectivity index (χ1v) is 11.8. The minimum Gasteiger partial charge on any atom is -0.455 e. The summed E-state index contributed by atoms with van der Waals surface area (Å²) in [6, 6.07) is -0.803. The maximum Gasteiger partial charge on any atom is 0.303 e. The molecule has 0 radical (unpaired) electrons. The molecule has 35 heavy (non-hydrogen) atoms. The highest BCUT2D eigenvalue weighted by atomic mass is 16.6. The maximum atomic E-state index is 13.2. The predicted octanol–water partition coefficient (Wildman–Crippen LogP) is 1.18. The Morgan fingerprint density at radius 3 is 2.14 bits per heavy atom. The van der Waals surface area contributed by atoms with Crippen molar-refractivity contribution in [1.29, 1.82) is 0 Å². The summed E-state index contributed by atoms with van der Waals surface area (Å²) in [5.41, 5.74) is 0. The van der Waals surface area contributed by atoms with E-state index in [1.165, 1.54) is 20.1 Å². The molecule has 2 N–H and O–H groups in total. The Morgan fingerprint density at radius 2 is 1.60 bits per heavy atom. The number of hydrogen-bond donors (Lipinski definition) is 2. The van der Waals surface area contributed by atoms with Crippen LogP contribution in [-0.4, -0.2) is 73.8 Å². The molecule has 0 aromatic rings. The minimum atomic E-state index is -1.49. The molecule has 0 aromatic carbocycles. The van der Waals surface area contributed by atoms with Gasteiger partial charge in [0.25, 0.3) is 5.91 Å². The van der Waals surface area contributed by atoms with E-state index >= 15 is 0 Å². The molecule has 0 bridgehead atoms. The first kappa shape index (κ1) is 30.1. The molecular formula is C24H38N2O9. The second-order valence-electron chi connectivity index (χ2n) is 8.50. The van der Waals surface area contributed by atoms with Crippen LogP contribution >= 0.6 is 0 Å². The Morgan fingerprint density at radius 1 is 1.00 bits per heavy atom. The molecule has 0 spiro atoms. The first-order chi connectivity index (χ1) is 16.5. The van der Waals surface area contributed by atoms with Gasteiger partial charge in [0, 0.05) is 34.4 Å². The van der Waals surface area contributed by atoms with Crippen LogP contribution in [0.25, 0.3) is 0 Å². The Bertz CT molecular complexity index is 783. The van der Waals surface area contributed by atoms with E-state index in [0.717, 1.165) is 33.1 Å². The SMILES string of the molecule is CCC(C)/C=C/[C@@H](OC(C)=O)[C@H](OC(C)=O)[C@@H](OC(C)=O)[C@@H](OC)C(=O)N[C@H]1CCCCNC1=O. The van der Waals surface area contributed by atoms with Gasteiger partial charge in [0.1, 0.15) is 6.04 Å². The van der Waals surface area contributed by atoms with Gasteiger partial charge in [-0.2, -0.15) is 0 Å². The predicted molar refractivity (Wildman–Crippen MR) is 125 cm³/mol. The van der Waals surface area contributed by atoms with Crippen molar-refractivity contribution in [3.63, 3.8) is 0 Å². The molecule has 0 aromatic heterocycles. The molecule has 0 aliphatic carbocycles. The van der Waals surface area contributed by atoms with Crippen LogP contribution in [0.1, 0.15) is 60.3 Å². The van der Waals surface area contributed by atoms with Crippen molar-refractivity contribution in [2.45, 2.75) is 90.8 Å². The Kier molecular flexibility index (Phi) is 13.0. The maximum absolute atomic E-state index is 13.2. The average Bonchev–Trinajstić information content (AvgIpc) is 2.98. The molecule has 11 heteroatoms. The number of ether oxygens (including phenoxy) is 4. The number of nitrogens with one attached hydrogen (secondary N) is 2. The van der Waals surface area contributed by atoms with Crippen molar-refractivity contribution in [2.24, 2.45) is 5.92 Å². The van der Waals surface area contributed by atoms with E-state index in [2.05, 4.69) is 10.6 Å². The van der Waals surface area contributed by atoms with Crippen LogP contribution in [0.15, 0.2) is 12.2 Å². The fourth-order valence-electron chi connectivity index (χ4n) is 3.57. The number of esters is 3. The monoisotopic (exact) mass is 498 g/mol. The van der Waals surface area contributed by atoms with Crippen LogP contribution in [0.4, 0.5) is 0 Å². The smallest absolute Gasteiger partial charge is 0.303 e. The zero-order chi connectivity index (χ0) is 26.5. The number of methoxy groups -OCH3 is 1. The third-order valence-corrected chi connectivity index (χ3v) is 5.49. The lowest BCUT2D eigenvalue weighted by molar-refractivity contribution is -0.191. The van der Waals surface area contributed by atoms with Crippen LogP contribution in [-0.2, 0) is 42.9 Å². The third kappa shape index (κ3) is 10.5. The minimum absolute atomic E-state index is 0.105. The molecule has 2 amide bonds. The molecule has 1 aliphatic heterocycles. The quantitative estimate of drug-likeness (QED) is 0.230. The van der Waals surface area contributed by atoms with Gasteiger partial charge in [-0.25, -0.2) is 0 Å². The summed E-state index contributed by atoms with van der Waals surface area (Å²) in [6.45, 7) is 7.86. The van der Waals surface area contributed by atoms with Crippen molar-refractivity contribution in [1.82, 2.24) is 10.6 Å². The van der Waals surface area contributed by atoms with E-state index in [1.807, 2.05) is 13.8 Å². The lowest BCUT2D eigenvalue weighted by Gasteiger charge is -2.34. The Balaban J connectivity index is 3.38. The molecule has 1 fully saturated rings. The van der Waals surface area contributed by atoms with Crippen LogP contribution in [0.3, 0.4) is 0 Å². The summed E-state index contributed by atoms with van der Waals surface area (Å²) in [5, 5.41) is 5.35. The Labute approximate surface area is 206 Å². The highest BCUT2D eigenvalue weighted by molar-refractivity contribution is 5.90. The molecule has 1 aliphatic rings. The van der Waals surface area contributed by atoms with Gasteiger partial charge in [0.2, 0.25) is 5.91 Å². The van der Waals surface area contributed by atoms with Gasteiger partial charge in [0.15, 0.2) is 24.4 Å². The van der Waals surface area contributed by atoms with Crippen molar-refractivity contribution in [2.75, 3.05) is 13.7 Å². The second kappa shape index (κ2) is 15.1. The van der Waals surface area contributed by atoms with E-state index in [0.29, 0.717) is 13.0 Å². The molecule has 6 atom stereocenters. The van der Waals surface area contributed by atoms with Gasteiger partial charge in [0.05, 0.1) is 0 Å².